The molecule has 21 heavy (non-hydrogen) atoms. The monoisotopic (exact) mass is 302 g/mol. The predicted molar refractivity (Wildman–Crippen MR) is 82.1 cm³/mol. The van der Waals surface area contributed by atoms with Gasteiger partial charge in [-0.05, 0) is 29.8 Å². The standard InChI is InChI=1S/C16H15ClN2O2/c17-12-7-5-11(6-8-12)15(21)9-19-14-4-2-1-3-13(14)18-16(19)10-20/h1-8,15,20-21H,9-10H2/t15-/m0/s1. The zero-order valence-corrected chi connectivity index (χ0v) is 12.0. The fourth-order valence-electron chi connectivity index (χ4n) is 2.41. The Kier molecular flexibility index (Phi) is 3.92. The van der Waals surface area contributed by atoms with E-state index in [-0.39, 0.29) is 6.61 Å². The summed E-state index contributed by atoms with van der Waals surface area (Å²) >= 11 is 5.85. The van der Waals surface area contributed by atoms with Gasteiger partial charge in [-0.2, -0.15) is 0 Å². The van der Waals surface area contributed by atoms with E-state index in [1.165, 1.54) is 0 Å². The van der Waals surface area contributed by atoms with Gasteiger partial charge in [0.25, 0.3) is 0 Å². The molecule has 2 N–H and O–H groups in total. The average molecular weight is 303 g/mol. The number of fused-ring (bicyclic) bond motifs is 1. The summed E-state index contributed by atoms with van der Waals surface area (Å²) in [6.07, 6.45) is -0.690. The van der Waals surface area contributed by atoms with Crippen LogP contribution in [0.4, 0.5) is 0 Å². The van der Waals surface area contributed by atoms with Crippen LogP contribution in [-0.2, 0) is 13.2 Å². The molecule has 0 bridgehead atoms. The number of aliphatic hydroxyl groups excluding tert-OH is 2. The molecule has 0 radical (unpaired) electrons. The van der Waals surface area contributed by atoms with Gasteiger partial charge >= 0.3 is 0 Å². The van der Waals surface area contributed by atoms with Gasteiger partial charge in [-0.1, -0.05) is 35.9 Å². The lowest BCUT2D eigenvalue weighted by Crippen LogP contribution is -2.11. The smallest absolute Gasteiger partial charge is 0.135 e. The van der Waals surface area contributed by atoms with Crippen LogP contribution in [0.3, 0.4) is 0 Å². The summed E-state index contributed by atoms with van der Waals surface area (Å²) in [7, 11) is 0. The Morgan fingerprint density at radius 1 is 1.10 bits per heavy atom. The lowest BCUT2D eigenvalue weighted by molar-refractivity contribution is 0.153. The van der Waals surface area contributed by atoms with Crippen LogP contribution in [0.5, 0.6) is 0 Å². The molecule has 1 heterocycles. The summed E-state index contributed by atoms with van der Waals surface area (Å²) in [4.78, 5) is 4.37. The van der Waals surface area contributed by atoms with Crippen LogP contribution in [0, 0.1) is 0 Å². The minimum Gasteiger partial charge on any atom is -0.388 e. The van der Waals surface area contributed by atoms with Crippen molar-refractivity contribution in [3.05, 3.63) is 64.9 Å². The Hall–Kier alpha value is -1.88. The van der Waals surface area contributed by atoms with E-state index in [0.717, 1.165) is 16.6 Å². The molecule has 2 aromatic carbocycles. The van der Waals surface area contributed by atoms with Crippen molar-refractivity contribution in [2.24, 2.45) is 0 Å². The largest absolute Gasteiger partial charge is 0.388 e. The second kappa shape index (κ2) is 5.85. The molecule has 4 nitrogen and oxygen atoms in total. The van der Waals surface area contributed by atoms with Crippen LogP contribution in [0.1, 0.15) is 17.5 Å². The van der Waals surface area contributed by atoms with Crippen LogP contribution in [0.15, 0.2) is 48.5 Å². The Morgan fingerprint density at radius 2 is 1.81 bits per heavy atom. The first kappa shape index (κ1) is 14.1. The highest BCUT2D eigenvalue weighted by atomic mass is 35.5. The Balaban J connectivity index is 1.95. The first-order valence-corrected chi connectivity index (χ1v) is 7.05. The SMILES string of the molecule is OCc1nc2ccccc2n1C[C@H](O)c1ccc(Cl)cc1. The van der Waals surface area contributed by atoms with Gasteiger partial charge in [-0.25, -0.2) is 4.98 Å². The van der Waals surface area contributed by atoms with E-state index >= 15 is 0 Å². The number of halogens is 1. The molecule has 3 rings (SSSR count). The molecular formula is C16H15ClN2O2. The van der Waals surface area contributed by atoms with Gasteiger partial charge in [0.15, 0.2) is 0 Å². The molecule has 108 valence electrons. The van der Waals surface area contributed by atoms with Crippen molar-refractivity contribution < 1.29 is 10.2 Å². The summed E-state index contributed by atoms with van der Waals surface area (Å²) in [6, 6.07) is 14.7. The first-order valence-electron chi connectivity index (χ1n) is 6.67. The van der Waals surface area contributed by atoms with E-state index in [0.29, 0.717) is 17.4 Å². The van der Waals surface area contributed by atoms with E-state index in [1.807, 2.05) is 28.8 Å². The van der Waals surface area contributed by atoms with Crippen LogP contribution in [0.2, 0.25) is 5.02 Å². The molecule has 0 unspecified atom stereocenters. The zero-order valence-electron chi connectivity index (χ0n) is 11.3. The van der Waals surface area contributed by atoms with E-state index in [4.69, 9.17) is 11.6 Å². The Morgan fingerprint density at radius 3 is 2.52 bits per heavy atom. The number of imidazole rings is 1. The van der Waals surface area contributed by atoms with E-state index in [9.17, 15) is 10.2 Å². The van der Waals surface area contributed by atoms with Crippen molar-refractivity contribution in [2.75, 3.05) is 0 Å². The van der Waals surface area contributed by atoms with E-state index < -0.39 is 6.10 Å². The second-order valence-corrected chi connectivity index (χ2v) is 5.29. The lowest BCUT2D eigenvalue weighted by Gasteiger charge is -2.14. The summed E-state index contributed by atoms with van der Waals surface area (Å²) in [5.41, 5.74) is 2.49. The maximum Gasteiger partial charge on any atom is 0.135 e. The fourth-order valence-corrected chi connectivity index (χ4v) is 2.54. The zero-order chi connectivity index (χ0) is 14.8. The maximum absolute atomic E-state index is 10.4. The molecule has 0 aliphatic heterocycles. The van der Waals surface area contributed by atoms with Gasteiger partial charge in [0, 0.05) is 5.02 Å². The molecular weight excluding hydrogens is 288 g/mol. The lowest BCUT2D eigenvalue weighted by atomic mass is 10.1. The Bertz CT molecular complexity index is 753. The molecule has 0 aliphatic carbocycles. The molecule has 0 saturated carbocycles. The van der Waals surface area contributed by atoms with Crippen LogP contribution >= 0.6 is 11.6 Å². The van der Waals surface area contributed by atoms with E-state index in [1.54, 1.807) is 24.3 Å². The van der Waals surface area contributed by atoms with Gasteiger partial charge in [0.2, 0.25) is 0 Å². The van der Waals surface area contributed by atoms with Gasteiger partial charge < -0.3 is 14.8 Å². The highest BCUT2D eigenvalue weighted by Gasteiger charge is 2.14. The summed E-state index contributed by atoms with van der Waals surface area (Å²) < 4.78 is 1.84. The average Bonchev–Trinajstić information content (AvgIpc) is 2.86. The van der Waals surface area contributed by atoms with Crippen molar-refractivity contribution in [1.82, 2.24) is 9.55 Å². The number of nitrogens with zero attached hydrogens (tertiary/aromatic N) is 2. The number of aliphatic hydroxyl groups is 2. The van der Waals surface area contributed by atoms with Gasteiger partial charge in [0.05, 0.1) is 23.7 Å². The van der Waals surface area contributed by atoms with E-state index in [2.05, 4.69) is 4.98 Å². The minimum absolute atomic E-state index is 0.165. The first-order chi connectivity index (χ1) is 10.2. The summed E-state index contributed by atoms with van der Waals surface area (Å²) in [6.45, 7) is 0.167. The predicted octanol–water partition coefficient (Wildman–Crippen LogP) is 2.92. The minimum atomic E-state index is -0.690. The number of hydrogen-bond acceptors (Lipinski definition) is 3. The Labute approximate surface area is 127 Å². The van der Waals surface area contributed by atoms with Gasteiger partial charge in [-0.15, -0.1) is 0 Å². The molecule has 1 atom stereocenters. The molecule has 0 saturated heterocycles. The summed E-state index contributed by atoms with van der Waals surface area (Å²) in [5, 5.41) is 20.5. The topological polar surface area (TPSA) is 58.3 Å². The van der Waals surface area contributed by atoms with Crippen molar-refractivity contribution >= 4 is 22.6 Å². The number of para-hydroxylation sites is 2. The third-order valence-electron chi connectivity index (χ3n) is 3.49. The number of benzene rings is 2. The summed E-state index contributed by atoms with van der Waals surface area (Å²) in [5.74, 6) is 0.546. The maximum atomic E-state index is 10.4. The van der Waals surface area contributed by atoms with Crippen molar-refractivity contribution in [3.63, 3.8) is 0 Å². The fraction of sp³-hybridized carbons (Fsp3) is 0.188. The quantitative estimate of drug-likeness (QED) is 0.779. The highest BCUT2D eigenvalue weighted by molar-refractivity contribution is 6.30. The normalized spacial score (nSPS) is 12.7. The van der Waals surface area contributed by atoms with Gasteiger partial charge in [0.1, 0.15) is 12.4 Å². The molecule has 3 aromatic rings. The van der Waals surface area contributed by atoms with Crippen LogP contribution in [-0.4, -0.2) is 19.8 Å². The van der Waals surface area contributed by atoms with Crippen LogP contribution in [0.25, 0.3) is 11.0 Å². The van der Waals surface area contributed by atoms with Crippen molar-refractivity contribution in [2.45, 2.75) is 19.3 Å². The molecule has 0 spiro atoms. The van der Waals surface area contributed by atoms with Gasteiger partial charge in [-0.3, -0.25) is 0 Å². The second-order valence-electron chi connectivity index (χ2n) is 4.85. The molecule has 0 fully saturated rings. The molecule has 0 aliphatic rings. The molecule has 5 heteroatoms. The number of rotatable bonds is 4. The third-order valence-corrected chi connectivity index (χ3v) is 3.74. The van der Waals surface area contributed by atoms with Crippen molar-refractivity contribution in [1.29, 1.82) is 0 Å². The van der Waals surface area contributed by atoms with Crippen molar-refractivity contribution in [3.8, 4) is 0 Å². The molecule has 1 aromatic heterocycles. The number of aromatic nitrogens is 2. The number of hydrogen-bond donors (Lipinski definition) is 2. The highest BCUT2D eigenvalue weighted by Crippen LogP contribution is 2.22. The third kappa shape index (κ3) is 2.78. The van der Waals surface area contributed by atoms with Crippen LogP contribution < -0.4 is 0 Å². The molecule has 0 amide bonds.